The van der Waals surface area contributed by atoms with E-state index in [-0.39, 0.29) is 24.4 Å². The molecule has 3 rings (SSSR count). The van der Waals surface area contributed by atoms with Gasteiger partial charge in [-0.05, 0) is 49.7 Å². The summed E-state index contributed by atoms with van der Waals surface area (Å²) in [5, 5.41) is 5.97. The van der Waals surface area contributed by atoms with Crippen LogP contribution in [0.5, 0.6) is 11.5 Å². The minimum Gasteiger partial charge on any atom is -0.493 e. The van der Waals surface area contributed by atoms with Gasteiger partial charge in [0.2, 0.25) is 5.91 Å². The Morgan fingerprint density at radius 3 is 2.45 bits per heavy atom. The topological polar surface area (TPSA) is 79.9 Å². The minimum absolute atomic E-state index is 0.138. The van der Waals surface area contributed by atoms with Crippen LogP contribution in [0.25, 0.3) is 0 Å². The molecule has 0 bridgehead atoms. The van der Waals surface area contributed by atoms with Gasteiger partial charge in [-0.2, -0.15) is 0 Å². The lowest BCUT2D eigenvalue weighted by molar-refractivity contribution is -0.117. The molecule has 1 fully saturated rings. The number of carbonyl (C=O) groups is 2. The molecule has 0 heterocycles. The van der Waals surface area contributed by atoms with Gasteiger partial charge in [0.15, 0.2) is 11.5 Å². The number of benzene rings is 2. The Labute approximate surface area is 183 Å². The SMILES string of the molecule is COc1ccc(CN(C)CC(=O)Nc2ccccc2C(=O)NC2CCCC2)cc1OC. The summed E-state index contributed by atoms with van der Waals surface area (Å²) in [4.78, 5) is 27.2. The van der Waals surface area contributed by atoms with Crippen molar-refractivity contribution in [2.24, 2.45) is 0 Å². The summed E-state index contributed by atoms with van der Waals surface area (Å²) < 4.78 is 10.6. The van der Waals surface area contributed by atoms with Crippen molar-refractivity contribution in [3.8, 4) is 11.5 Å². The highest BCUT2D eigenvalue weighted by Crippen LogP contribution is 2.28. The zero-order valence-corrected chi connectivity index (χ0v) is 18.4. The van der Waals surface area contributed by atoms with E-state index in [2.05, 4.69) is 10.6 Å². The Bertz CT molecular complexity index is 909. The first kappa shape index (κ1) is 22.6. The molecule has 0 aromatic heterocycles. The van der Waals surface area contributed by atoms with E-state index in [9.17, 15) is 9.59 Å². The molecule has 2 aromatic carbocycles. The van der Waals surface area contributed by atoms with E-state index in [0.29, 0.717) is 29.3 Å². The first-order chi connectivity index (χ1) is 15.0. The van der Waals surface area contributed by atoms with Gasteiger partial charge in [-0.1, -0.05) is 31.0 Å². The van der Waals surface area contributed by atoms with Crippen LogP contribution in [0.1, 0.15) is 41.6 Å². The van der Waals surface area contributed by atoms with Crippen molar-refractivity contribution in [1.29, 1.82) is 0 Å². The van der Waals surface area contributed by atoms with Crippen LogP contribution in [-0.4, -0.2) is 50.6 Å². The number of hydrogen-bond donors (Lipinski definition) is 2. The molecule has 31 heavy (non-hydrogen) atoms. The van der Waals surface area contributed by atoms with Crippen LogP contribution in [0.15, 0.2) is 42.5 Å². The molecule has 166 valence electrons. The number of nitrogens with one attached hydrogen (secondary N) is 2. The summed E-state index contributed by atoms with van der Waals surface area (Å²) >= 11 is 0. The van der Waals surface area contributed by atoms with Crippen LogP contribution in [0, 0.1) is 0 Å². The monoisotopic (exact) mass is 425 g/mol. The Morgan fingerprint density at radius 2 is 1.74 bits per heavy atom. The van der Waals surface area contributed by atoms with Crippen molar-refractivity contribution in [3.63, 3.8) is 0 Å². The first-order valence-electron chi connectivity index (χ1n) is 10.6. The van der Waals surface area contributed by atoms with Crippen LogP contribution in [0.3, 0.4) is 0 Å². The molecule has 1 aliphatic rings. The highest BCUT2D eigenvalue weighted by Gasteiger charge is 2.20. The average Bonchev–Trinajstić information content (AvgIpc) is 3.26. The third kappa shape index (κ3) is 6.21. The first-order valence-corrected chi connectivity index (χ1v) is 10.6. The van der Waals surface area contributed by atoms with Crippen LogP contribution < -0.4 is 20.1 Å². The zero-order chi connectivity index (χ0) is 22.2. The van der Waals surface area contributed by atoms with E-state index >= 15 is 0 Å². The maximum absolute atomic E-state index is 12.7. The molecule has 0 spiro atoms. The fourth-order valence-electron chi connectivity index (χ4n) is 3.90. The molecule has 0 radical (unpaired) electrons. The molecule has 2 N–H and O–H groups in total. The van der Waals surface area contributed by atoms with Crippen molar-refractivity contribution in [3.05, 3.63) is 53.6 Å². The average molecular weight is 426 g/mol. The number of rotatable bonds is 9. The third-order valence-corrected chi connectivity index (χ3v) is 5.45. The molecule has 1 saturated carbocycles. The molecular weight excluding hydrogens is 394 g/mol. The van der Waals surface area contributed by atoms with Gasteiger partial charge < -0.3 is 20.1 Å². The van der Waals surface area contributed by atoms with Crippen LogP contribution in [0.4, 0.5) is 5.69 Å². The quantitative estimate of drug-likeness (QED) is 0.643. The Morgan fingerprint density at radius 1 is 1.03 bits per heavy atom. The molecule has 1 aliphatic carbocycles. The highest BCUT2D eigenvalue weighted by atomic mass is 16.5. The Kier molecular flexibility index (Phi) is 7.89. The van der Waals surface area contributed by atoms with Gasteiger partial charge in [0.1, 0.15) is 0 Å². The molecule has 7 heteroatoms. The van der Waals surface area contributed by atoms with E-state index in [1.54, 1.807) is 26.4 Å². The molecule has 2 aromatic rings. The summed E-state index contributed by atoms with van der Waals surface area (Å²) in [5.74, 6) is 1.00. The second-order valence-electron chi connectivity index (χ2n) is 7.91. The van der Waals surface area contributed by atoms with Crippen molar-refractivity contribution < 1.29 is 19.1 Å². The lowest BCUT2D eigenvalue weighted by Gasteiger charge is -2.19. The zero-order valence-electron chi connectivity index (χ0n) is 18.4. The number of ether oxygens (including phenoxy) is 2. The van der Waals surface area contributed by atoms with E-state index in [4.69, 9.17) is 9.47 Å². The molecule has 0 saturated heterocycles. The minimum atomic E-state index is -0.177. The second-order valence-corrected chi connectivity index (χ2v) is 7.91. The van der Waals surface area contributed by atoms with Gasteiger partial charge in [0, 0.05) is 12.6 Å². The summed E-state index contributed by atoms with van der Waals surface area (Å²) in [5.41, 5.74) is 2.03. The van der Waals surface area contributed by atoms with Crippen molar-refractivity contribution in [2.75, 3.05) is 33.1 Å². The summed E-state index contributed by atoms with van der Waals surface area (Å²) in [6.45, 7) is 0.754. The number of hydrogen-bond acceptors (Lipinski definition) is 5. The third-order valence-electron chi connectivity index (χ3n) is 5.45. The highest BCUT2D eigenvalue weighted by molar-refractivity contribution is 6.04. The van der Waals surface area contributed by atoms with Gasteiger partial charge >= 0.3 is 0 Å². The van der Waals surface area contributed by atoms with Crippen molar-refractivity contribution in [2.45, 2.75) is 38.3 Å². The molecule has 0 unspecified atom stereocenters. The van der Waals surface area contributed by atoms with Crippen molar-refractivity contribution in [1.82, 2.24) is 10.2 Å². The van der Waals surface area contributed by atoms with Crippen LogP contribution >= 0.6 is 0 Å². The van der Waals surface area contributed by atoms with E-state index in [0.717, 1.165) is 31.2 Å². The number of amides is 2. The Hall–Kier alpha value is -3.06. The second kappa shape index (κ2) is 10.8. The van der Waals surface area contributed by atoms with Gasteiger partial charge in [-0.25, -0.2) is 0 Å². The van der Waals surface area contributed by atoms with E-state index in [1.807, 2.05) is 42.3 Å². The molecule has 2 amide bonds. The van der Waals surface area contributed by atoms with E-state index in [1.165, 1.54) is 0 Å². The summed E-state index contributed by atoms with van der Waals surface area (Å²) in [6, 6.07) is 13.0. The fourth-order valence-corrected chi connectivity index (χ4v) is 3.90. The number of nitrogens with zero attached hydrogens (tertiary/aromatic N) is 1. The van der Waals surface area contributed by atoms with Crippen LogP contribution in [0.2, 0.25) is 0 Å². The molecule has 7 nitrogen and oxygen atoms in total. The normalized spacial score (nSPS) is 13.8. The lowest BCUT2D eigenvalue weighted by atomic mass is 10.1. The van der Waals surface area contributed by atoms with Gasteiger partial charge in [0.05, 0.1) is 32.0 Å². The number of anilines is 1. The predicted molar refractivity (Wildman–Crippen MR) is 121 cm³/mol. The number of methoxy groups -OCH3 is 2. The van der Waals surface area contributed by atoms with Gasteiger partial charge in [-0.3, -0.25) is 14.5 Å². The standard InChI is InChI=1S/C24H31N3O4/c1-27(15-17-12-13-21(30-2)22(14-17)31-3)16-23(28)26-20-11-7-6-10-19(20)24(29)25-18-8-4-5-9-18/h6-7,10-14,18H,4-5,8-9,15-16H2,1-3H3,(H,25,29)(H,26,28). The number of para-hydroxylation sites is 1. The van der Waals surface area contributed by atoms with Crippen LogP contribution in [-0.2, 0) is 11.3 Å². The van der Waals surface area contributed by atoms with Gasteiger partial charge in [0.25, 0.3) is 5.91 Å². The smallest absolute Gasteiger partial charge is 0.253 e. The van der Waals surface area contributed by atoms with Gasteiger partial charge in [-0.15, -0.1) is 0 Å². The van der Waals surface area contributed by atoms with E-state index < -0.39 is 0 Å². The molecular formula is C24H31N3O4. The maximum atomic E-state index is 12.7. The molecule has 0 atom stereocenters. The summed E-state index contributed by atoms with van der Waals surface area (Å²) in [7, 11) is 5.06. The fraction of sp³-hybridized carbons (Fsp3) is 0.417. The largest absolute Gasteiger partial charge is 0.493 e. The van der Waals surface area contributed by atoms with Crippen molar-refractivity contribution >= 4 is 17.5 Å². The number of carbonyl (C=O) groups excluding carboxylic acids is 2. The Balaban J connectivity index is 1.58. The lowest BCUT2D eigenvalue weighted by Crippen LogP contribution is -2.34. The number of likely N-dealkylation sites (N-methyl/N-ethyl adjacent to an activating group) is 1. The predicted octanol–water partition coefficient (Wildman–Crippen LogP) is 3.45. The molecule has 0 aliphatic heterocycles. The maximum Gasteiger partial charge on any atom is 0.253 e. The summed E-state index contributed by atoms with van der Waals surface area (Å²) in [6.07, 6.45) is 4.33.